The molecular formula is C64H46N2. The van der Waals surface area contributed by atoms with Crippen LogP contribution in [0.5, 0.6) is 0 Å². The Bertz CT molecular complexity index is 3750. The van der Waals surface area contributed by atoms with Crippen LogP contribution in [0.4, 0.5) is 0 Å². The van der Waals surface area contributed by atoms with Crippen molar-refractivity contribution in [3.8, 4) is 55.9 Å². The fraction of sp³-hybridized carbons (Fsp3) is 0.0938. The minimum atomic E-state index is -0.150. The van der Waals surface area contributed by atoms with Crippen molar-refractivity contribution in [1.29, 1.82) is 0 Å². The van der Waals surface area contributed by atoms with E-state index in [-0.39, 0.29) is 10.8 Å². The largest absolute Gasteiger partial charge is 0.307 e. The van der Waals surface area contributed by atoms with Crippen LogP contribution >= 0.6 is 0 Å². The Morgan fingerprint density at radius 2 is 0.682 bits per heavy atom. The van der Waals surface area contributed by atoms with Crippen molar-refractivity contribution in [2.75, 3.05) is 0 Å². The topological polar surface area (TPSA) is 9.86 Å². The minimum absolute atomic E-state index is 0.150. The molecule has 2 heterocycles. The lowest BCUT2D eigenvalue weighted by atomic mass is 9.68. The fourth-order valence-electron chi connectivity index (χ4n) is 12.2. The smallest absolute Gasteiger partial charge is 0.0803 e. The van der Waals surface area contributed by atoms with Crippen molar-refractivity contribution in [1.82, 2.24) is 9.13 Å². The predicted octanol–water partition coefficient (Wildman–Crippen LogP) is 17.0. The Balaban J connectivity index is 0.985. The van der Waals surface area contributed by atoms with Crippen LogP contribution in [-0.2, 0) is 10.8 Å². The van der Waals surface area contributed by atoms with Crippen LogP contribution in [-0.4, -0.2) is 9.13 Å². The average Bonchev–Trinajstić information content (AvgIpc) is 3.87. The molecule has 66 heavy (non-hydrogen) atoms. The summed E-state index contributed by atoms with van der Waals surface area (Å²) in [6, 6.07) is 77.5. The number of hydrogen-bond donors (Lipinski definition) is 0. The Morgan fingerprint density at radius 1 is 0.303 bits per heavy atom. The molecule has 0 bridgehead atoms. The number of benzene rings is 10. The molecule has 0 saturated carbocycles. The molecule has 2 heteroatoms. The van der Waals surface area contributed by atoms with E-state index in [2.05, 4.69) is 243 Å². The zero-order chi connectivity index (χ0) is 44.1. The molecule has 12 aromatic rings. The van der Waals surface area contributed by atoms with E-state index in [1.54, 1.807) is 0 Å². The molecule has 0 unspecified atom stereocenters. The van der Waals surface area contributed by atoms with Gasteiger partial charge < -0.3 is 9.13 Å². The van der Waals surface area contributed by atoms with Gasteiger partial charge in [-0.1, -0.05) is 185 Å². The number of fused-ring (bicyclic) bond motifs is 9. The van der Waals surface area contributed by atoms with Gasteiger partial charge in [-0.05, 0) is 137 Å². The summed E-state index contributed by atoms with van der Waals surface area (Å²) in [6.07, 6.45) is 0. The highest BCUT2D eigenvalue weighted by atomic mass is 15.1. The van der Waals surface area contributed by atoms with Crippen molar-refractivity contribution in [3.05, 3.63) is 229 Å². The van der Waals surface area contributed by atoms with E-state index < -0.39 is 0 Å². The maximum absolute atomic E-state index is 2.51. The molecule has 0 radical (unpaired) electrons. The molecule has 0 aliphatic heterocycles. The van der Waals surface area contributed by atoms with E-state index in [4.69, 9.17) is 0 Å². The first kappa shape index (κ1) is 37.4. The van der Waals surface area contributed by atoms with E-state index >= 15 is 0 Å². The van der Waals surface area contributed by atoms with Crippen molar-refractivity contribution < 1.29 is 0 Å². The number of rotatable bonds is 4. The molecule has 2 aliphatic carbocycles. The van der Waals surface area contributed by atoms with E-state index in [0.29, 0.717) is 0 Å². The third-order valence-electron chi connectivity index (χ3n) is 15.5. The van der Waals surface area contributed by atoms with Gasteiger partial charge in [-0.3, -0.25) is 0 Å². The lowest BCUT2D eigenvalue weighted by molar-refractivity contribution is 0.645. The Labute approximate surface area is 384 Å². The van der Waals surface area contributed by atoms with Crippen molar-refractivity contribution >= 4 is 54.4 Å². The highest BCUT2D eigenvalue weighted by Gasteiger charge is 2.35. The van der Waals surface area contributed by atoms with Gasteiger partial charge in [0.1, 0.15) is 0 Å². The standard InChI is InChI=1S/C64H46N2/c1-63(2)53-25-13-17-39-15-11-23-49(59(39)53)47-31-27-41(35-55(47)63)43-29-33-51-57(37-43)65(45-19-7-5-8-20-45)62-52-34-30-44(38-58(52)66(61(51)62)46-21-9-6-10-22-46)42-28-32-48-50-24-12-16-40-18-14-26-54(60(40)50)64(3,4)56(48)36-42/h5-38H,1-4H3. The van der Waals surface area contributed by atoms with E-state index in [1.165, 1.54) is 121 Å². The number of hydrogen-bond acceptors (Lipinski definition) is 0. The van der Waals surface area contributed by atoms with Crippen LogP contribution in [0.2, 0.25) is 0 Å². The van der Waals surface area contributed by atoms with Crippen molar-refractivity contribution in [3.63, 3.8) is 0 Å². The van der Waals surface area contributed by atoms with Gasteiger partial charge in [-0.2, -0.15) is 0 Å². The van der Waals surface area contributed by atoms with Gasteiger partial charge in [0, 0.05) is 33.0 Å². The van der Waals surface area contributed by atoms with Gasteiger partial charge in [0.25, 0.3) is 0 Å². The first-order valence-electron chi connectivity index (χ1n) is 23.3. The summed E-state index contributed by atoms with van der Waals surface area (Å²) < 4.78 is 5.02. The Hall–Kier alpha value is -7.94. The van der Waals surface area contributed by atoms with Gasteiger partial charge in [0.15, 0.2) is 0 Å². The molecule has 0 saturated heterocycles. The van der Waals surface area contributed by atoms with Crippen LogP contribution in [0.1, 0.15) is 49.9 Å². The maximum atomic E-state index is 2.51. The summed E-state index contributed by atoms with van der Waals surface area (Å²) in [5.41, 5.74) is 22.5. The highest BCUT2D eigenvalue weighted by Crippen LogP contribution is 2.52. The molecule has 10 aromatic carbocycles. The second-order valence-electron chi connectivity index (χ2n) is 19.7. The summed E-state index contributed by atoms with van der Waals surface area (Å²) in [5, 5.41) is 7.83. The number of para-hydroxylation sites is 2. The highest BCUT2D eigenvalue weighted by molar-refractivity contribution is 6.21. The second-order valence-corrected chi connectivity index (χ2v) is 19.7. The normalized spacial score (nSPS) is 14.3. The molecule has 0 amide bonds. The third kappa shape index (κ3) is 5.02. The summed E-state index contributed by atoms with van der Waals surface area (Å²) in [5.74, 6) is 0. The fourth-order valence-corrected chi connectivity index (χ4v) is 12.2. The summed E-state index contributed by atoms with van der Waals surface area (Å²) >= 11 is 0. The molecule has 2 aliphatic rings. The predicted molar refractivity (Wildman–Crippen MR) is 279 cm³/mol. The first-order chi connectivity index (χ1) is 32.3. The van der Waals surface area contributed by atoms with Crippen LogP contribution in [0, 0.1) is 0 Å². The maximum Gasteiger partial charge on any atom is 0.0803 e. The quantitative estimate of drug-likeness (QED) is 0.167. The van der Waals surface area contributed by atoms with Crippen LogP contribution in [0.15, 0.2) is 206 Å². The SMILES string of the molecule is CC1(C)c2cc(-c3ccc4c(c3)n(-c3ccccc3)c3c5ccc(-c6ccc7c(c6)C(C)(C)c6cccc8cccc-7c68)cc5n(-c5ccccc5)c43)ccc2-c2cccc3cccc1c23. The van der Waals surface area contributed by atoms with Gasteiger partial charge in [0.05, 0.1) is 22.1 Å². The monoisotopic (exact) mass is 842 g/mol. The zero-order valence-electron chi connectivity index (χ0n) is 37.5. The third-order valence-corrected chi connectivity index (χ3v) is 15.5. The average molecular weight is 843 g/mol. The van der Waals surface area contributed by atoms with Crippen LogP contribution in [0.25, 0.3) is 110 Å². The second kappa shape index (κ2) is 13.3. The summed E-state index contributed by atoms with van der Waals surface area (Å²) in [6.45, 7) is 9.56. The summed E-state index contributed by atoms with van der Waals surface area (Å²) in [7, 11) is 0. The summed E-state index contributed by atoms with van der Waals surface area (Å²) in [4.78, 5) is 0. The number of nitrogens with zero attached hydrogens (tertiary/aromatic N) is 2. The zero-order valence-corrected chi connectivity index (χ0v) is 37.5. The van der Waals surface area contributed by atoms with Gasteiger partial charge >= 0.3 is 0 Å². The lowest BCUT2D eigenvalue weighted by Gasteiger charge is -2.35. The minimum Gasteiger partial charge on any atom is -0.307 e. The molecule has 2 nitrogen and oxygen atoms in total. The van der Waals surface area contributed by atoms with Crippen LogP contribution < -0.4 is 0 Å². The Kier molecular flexibility index (Phi) is 7.55. The Morgan fingerprint density at radius 3 is 1.11 bits per heavy atom. The van der Waals surface area contributed by atoms with Gasteiger partial charge in [-0.25, -0.2) is 0 Å². The van der Waals surface area contributed by atoms with E-state index in [9.17, 15) is 0 Å². The lowest BCUT2D eigenvalue weighted by Crippen LogP contribution is -2.23. The van der Waals surface area contributed by atoms with Gasteiger partial charge in [-0.15, -0.1) is 0 Å². The van der Waals surface area contributed by atoms with E-state index in [1.807, 2.05) is 0 Å². The first-order valence-corrected chi connectivity index (χ1v) is 23.3. The number of aromatic nitrogens is 2. The van der Waals surface area contributed by atoms with Gasteiger partial charge in [0.2, 0.25) is 0 Å². The molecular weight excluding hydrogens is 797 g/mol. The van der Waals surface area contributed by atoms with Crippen molar-refractivity contribution in [2.45, 2.75) is 38.5 Å². The van der Waals surface area contributed by atoms with E-state index in [0.717, 1.165) is 11.4 Å². The molecule has 2 aromatic heterocycles. The molecule has 0 fully saturated rings. The van der Waals surface area contributed by atoms with Crippen LogP contribution in [0.3, 0.4) is 0 Å². The molecule has 14 rings (SSSR count). The van der Waals surface area contributed by atoms with Crippen molar-refractivity contribution in [2.24, 2.45) is 0 Å². The molecule has 312 valence electrons. The molecule has 0 N–H and O–H groups in total. The molecule has 0 spiro atoms. The molecule has 0 atom stereocenters.